The maximum atomic E-state index is 14.0. The average molecular weight is 2310 g/mol. The van der Waals surface area contributed by atoms with Crippen LogP contribution in [0.4, 0.5) is 0 Å². The number of aryl methyl sites for hydroxylation is 6. The Kier molecular flexibility index (Phi) is 52.4. The summed E-state index contributed by atoms with van der Waals surface area (Å²) in [4.78, 5) is 55.2. The Morgan fingerprint density at radius 3 is 0.640 bits per heavy atom. The predicted octanol–water partition coefficient (Wildman–Crippen LogP) is 5.41. The van der Waals surface area contributed by atoms with Gasteiger partial charge in [-0.1, -0.05) is 29.0 Å². The van der Waals surface area contributed by atoms with Crippen LogP contribution < -0.4 is 72.8 Å². The first-order chi connectivity index (χ1) is 70.6. The largest absolute Gasteiger partial charge is 0.490 e. The zero-order chi connectivity index (χ0) is 110. The first-order valence-electron chi connectivity index (χ1n) is 47.5. The highest BCUT2D eigenvalue weighted by Crippen LogP contribution is 2.44. The molecule has 0 aliphatic carbocycles. The van der Waals surface area contributed by atoms with Gasteiger partial charge in [0.2, 0.25) is 23.0 Å². The van der Waals surface area contributed by atoms with E-state index >= 15 is 0 Å². The predicted molar refractivity (Wildman–Crippen MR) is 535 cm³/mol. The first-order valence-corrected chi connectivity index (χ1v) is 62.0. The standard InChI is InChI=1S/C86H128N12O43S9/c1-2-3-25-71(99)64-53-72(130-32-7-4-22-68-61-96(93-90-68)29-10-26-87-84(100)65-55-74(132-35-13-44-142(103,104)105)81(139-41-19-50-148(121,122)123)75(56-65)133-36-14-45-143(106,107)108)80(138-34-9-6-24-70-63-98(95-92-70)31-12-28-89-86(102)67-59-78(136-39-17-48-146(115,116)117)83(141-43-21-52-150(127,128)129)79(60-67)137-40-18-49-147(118,119)120)73(54-64)131-33-8-5-23-69-62-97(94-91-69)30-11-27-88-85(101)66-57-76(134-37-15-46-144(109,110)111)82(140-42-20-51-149(124,125)126)77(58-66)135-38-16-47-145(112,113)114/h53-63H,2-52H2,1H3,(H,87,100)(H,88,101)(H,89,102)(H,103,104,105)(H,106,107,108)(H,109,110,111)(H,112,113,114)(H,115,116,117)(H,118,119,120)(H,121,122,123)(H,124,125,126)(H,127,128,129). The van der Waals surface area contributed by atoms with Gasteiger partial charge < -0.3 is 72.8 Å². The summed E-state index contributed by atoms with van der Waals surface area (Å²) < 4.78 is 366. The molecular weight excluding hydrogens is 2180 g/mol. The van der Waals surface area contributed by atoms with E-state index in [2.05, 4.69) is 46.9 Å². The van der Waals surface area contributed by atoms with E-state index in [9.17, 15) is 136 Å². The number of benzene rings is 4. The number of Topliss-reactive ketones (excluding diaryl/α,β-unsaturated/α-hetero) is 1. The Labute approximate surface area is 869 Å². The number of ketones is 1. The molecule has 55 nitrogen and oxygen atoms in total. The van der Waals surface area contributed by atoms with Crippen LogP contribution in [-0.4, -0.2) is 336 Å². The third-order valence-electron chi connectivity index (χ3n) is 20.7. The summed E-state index contributed by atoms with van der Waals surface area (Å²) in [5.74, 6) is -9.64. The molecule has 0 saturated carbocycles. The molecule has 0 spiro atoms. The van der Waals surface area contributed by atoms with Gasteiger partial charge in [-0.2, -0.15) is 75.8 Å². The van der Waals surface area contributed by atoms with Crippen LogP contribution in [0.5, 0.6) is 69.0 Å². The van der Waals surface area contributed by atoms with Gasteiger partial charge in [-0.15, -0.1) is 15.3 Å². The molecular formula is C86H128N12O43S9. The lowest BCUT2D eigenvalue weighted by molar-refractivity contribution is 0.0943. The zero-order valence-electron chi connectivity index (χ0n) is 82.0. The fourth-order valence-corrected chi connectivity index (χ4v) is 18.0. The molecule has 7 aromatic rings. The van der Waals surface area contributed by atoms with Crippen molar-refractivity contribution in [3.8, 4) is 69.0 Å². The van der Waals surface area contributed by atoms with Gasteiger partial charge in [0, 0.05) is 86.5 Å². The van der Waals surface area contributed by atoms with E-state index in [4.69, 9.17) is 56.8 Å². The molecule has 0 bridgehead atoms. The number of aromatic nitrogens is 9. The van der Waals surface area contributed by atoms with E-state index < -0.39 is 161 Å². The monoisotopic (exact) mass is 2300 g/mol. The van der Waals surface area contributed by atoms with E-state index in [0.29, 0.717) is 106 Å². The van der Waals surface area contributed by atoms with Crippen LogP contribution in [0.3, 0.4) is 0 Å². The fourth-order valence-electron chi connectivity index (χ4n) is 13.6. The van der Waals surface area contributed by atoms with Crippen molar-refractivity contribution in [1.29, 1.82) is 0 Å². The van der Waals surface area contributed by atoms with Gasteiger partial charge in [0.1, 0.15) is 0 Å². The number of amides is 3. The van der Waals surface area contributed by atoms with Crippen molar-refractivity contribution >= 4 is 115 Å². The summed E-state index contributed by atoms with van der Waals surface area (Å²) in [6.45, 7) is 0.130. The summed E-state index contributed by atoms with van der Waals surface area (Å²) >= 11 is 0. The first kappa shape index (κ1) is 126. The van der Waals surface area contributed by atoms with Gasteiger partial charge in [-0.25, -0.2) is 0 Å². The number of carbonyl (C=O) groups excluding carboxylic acids is 4. The second kappa shape index (κ2) is 62.4. The third kappa shape index (κ3) is 53.9. The van der Waals surface area contributed by atoms with Crippen LogP contribution in [0.25, 0.3) is 0 Å². The smallest absolute Gasteiger partial charge is 0.264 e. The van der Waals surface area contributed by atoms with E-state index in [1.165, 1.54) is 36.4 Å². The molecule has 0 aliphatic heterocycles. The number of nitrogens with one attached hydrogen (secondary N) is 3. The number of nitrogens with zero attached hydrogens (tertiary/aromatic N) is 9. The van der Waals surface area contributed by atoms with Crippen LogP contribution in [0.15, 0.2) is 67.1 Å². The maximum Gasteiger partial charge on any atom is 0.264 e. The number of hydrogen-bond acceptors (Lipinski definition) is 40. The van der Waals surface area contributed by atoms with Crippen LogP contribution >= 0.6 is 0 Å². The summed E-state index contributed by atoms with van der Waals surface area (Å²) in [5, 5.41) is 34.0. The van der Waals surface area contributed by atoms with Crippen molar-refractivity contribution in [3.05, 3.63) is 106 Å². The van der Waals surface area contributed by atoms with Gasteiger partial charge in [0.15, 0.2) is 51.8 Å². The van der Waals surface area contributed by atoms with Crippen molar-refractivity contribution in [2.24, 2.45) is 0 Å². The Hall–Kier alpha value is -10.8. The Balaban J connectivity index is 1.01. The minimum absolute atomic E-state index is 0.0665. The number of ether oxygens (including phenoxy) is 12. The molecule has 7 rings (SSSR count). The number of carbonyl (C=O) groups is 4. The molecule has 64 heteroatoms. The van der Waals surface area contributed by atoms with Crippen LogP contribution in [0.2, 0.25) is 0 Å². The van der Waals surface area contributed by atoms with Crippen LogP contribution in [0.1, 0.15) is 200 Å². The van der Waals surface area contributed by atoms with E-state index in [0.717, 1.165) is 6.42 Å². The highest BCUT2D eigenvalue weighted by molar-refractivity contribution is 7.87. The average Bonchev–Trinajstić information content (AvgIpc) is 0.830. The van der Waals surface area contributed by atoms with E-state index in [1.54, 1.807) is 44.8 Å². The summed E-state index contributed by atoms with van der Waals surface area (Å²) in [6, 6.07) is 10.6. The van der Waals surface area contributed by atoms with Gasteiger partial charge in [-0.05, 0) is 190 Å². The van der Waals surface area contributed by atoms with Crippen LogP contribution in [-0.2, 0) is 130 Å². The zero-order valence-corrected chi connectivity index (χ0v) is 89.4. The van der Waals surface area contributed by atoms with Crippen LogP contribution in [0, 0.1) is 0 Å². The molecule has 0 fully saturated rings. The number of hydrogen-bond donors (Lipinski definition) is 12. The highest BCUT2D eigenvalue weighted by Gasteiger charge is 2.28. The fraction of sp³-hybridized carbons (Fsp3) is 0.605. The van der Waals surface area contributed by atoms with Crippen molar-refractivity contribution in [2.75, 3.05) is 151 Å². The lowest BCUT2D eigenvalue weighted by atomic mass is 10.0. The molecule has 3 heterocycles. The highest BCUT2D eigenvalue weighted by atomic mass is 32.3. The third-order valence-corrected chi connectivity index (χ3v) is 27.9. The lowest BCUT2D eigenvalue weighted by Crippen LogP contribution is -2.25. The summed E-state index contributed by atoms with van der Waals surface area (Å²) in [6.07, 6.45) is 9.78. The van der Waals surface area contributed by atoms with Gasteiger partial charge in [0.25, 0.3) is 109 Å². The van der Waals surface area contributed by atoms with Crippen molar-refractivity contribution in [2.45, 2.75) is 181 Å². The molecule has 12 N–H and O–H groups in total. The molecule has 0 radical (unpaired) electrons. The topological polar surface area (TPSA) is 797 Å². The van der Waals surface area contributed by atoms with Crippen molar-refractivity contribution < 1.29 is 193 Å². The Morgan fingerprint density at radius 2 is 0.440 bits per heavy atom. The molecule has 844 valence electrons. The Morgan fingerprint density at radius 1 is 0.253 bits per heavy atom. The minimum atomic E-state index is -4.42. The molecule has 3 amide bonds. The molecule has 4 aromatic carbocycles. The lowest BCUT2D eigenvalue weighted by Gasteiger charge is -2.19. The summed E-state index contributed by atoms with van der Waals surface area (Å²) in [5.41, 5.74) is 1.91. The normalized spacial score (nSPS) is 12.3. The Bertz CT molecular complexity index is 6190. The summed E-state index contributed by atoms with van der Waals surface area (Å²) in [7, 11) is -39.8. The van der Waals surface area contributed by atoms with Gasteiger partial charge in [0.05, 0.1) is 148 Å². The molecule has 0 unspecified atom stereocenters. The van der Waals surface area contributed by atoms with Crippen molar-refractivity contribution in [1.82, 2.24) is 60.9 Å². The molecule has 150 heavy (non-hydrogen) atoms. The van der Waals surface area contributed by atoms with E-state index in [1.807, 2.05) is 6.92 Å². The quantitative estimate of drug-likeness (QED) is 0.0129. The van der Waals surface area contributed by atoms with Gasteiger partial charge >= 0.3 is 0 Å². The second-order valence-electron chi connectivity index (χ2n) is 33.8. The molecule has 0 saturated heterocycles. The molecule has 0 aliphatic rings. The van der Waals surface area contributed by atoms with Gasteiger partial charge in [-0.3, -0.25) is 74.2 Å². The SMILES string of the molecule is CCCCC(=O)c1cc(OCCCCc2cn(CCCNC(=O)c3cc(OCCCS(=O)(=O)O)c(OCCCS(=O)(=O)O)c(OCCCS(=O)(=O)O)c3)nn2)c(OCCCCc2cn(CCCNC(=O)c3cc(OCCCS(=O)(=O)O)c(OCCCS(=O)(=O)O)c(OCCCS(=O)(=O)O)c3)nn2)c(OCCCCc2cn(CCCNC(=O)c3cc(OCCCS(=O)(=O)O)c(OCCCS(=O)(=O)O)c(OCCCS(=O)(=O)O)c3)nn2)c1. The number of rotatable bonds is 82. The molecule has 0 atom stereocenters. The number of unbranched alkanes of at least 4 members (excludes halogenated alkanes) is 4. The maximum absolute atomic E-state index is 14.0. The van der Waals surface area contributed by atoms with Crippen molar-refractivity contribution in [3.63, 3.8) is 0 Å². The minimum Gasteiger partial charge on any atom is -0.490 e. The van der Waals surface area contributed by atoms with E-state index in [-0.39, 0.29) is 274 Å². The molecule has 3 aromatic heterocycles. The second-order valence-corrected chi connectivity index (χ2v) is 47.9.